The molecule has 4 rings (SSSR count). The summed E-state index contributed by atoms with van der Waals surface area (Å²) in [7, 11) is 1.76. The van der Waals surface area contributed by atoms with E-state index < -0.39 is 5.63 Å². The molecule has 1 aromatic carbocycles. The summed E-state index contributed by atoms with van der Waals surface area (Å²) in [5.74, 6) is -0.254. The van der Waals surface area contributed by atoms with E-state index in [1.807, 2.05) is 6.92 Å². The van der Waals surface area contributed by atoms with Crippen LogP contribution in [0.15, 0.2) is 27.4 Å². The number of hydrogen-bond donors (Lipinski definition) is 1. The third-order valence-corrected chi connectivity index (χ3v) is 6.55. The molecule has 2 aromatic rings. The predicted molar refractivity (Wildman–Crippen MR) is 101 cm³/mol. The van der Waals surface area contributed by atoms with Gasteiger partial charge in [-0.25, -0.2) is 4.79 Å². The van der Waals surface area contributed by atoms with Gasteiger partial charge in [0.05, 0.1) is 6.10 Å². The molecular formula is C21H25NO5. The first-order valence-electron chi connectivity index (χ1n) is 9.54. The van der Waals surface area contributed by atoms with E-state index in [9.17, 15) is 14.7 Å². The Balaban J connectivity index is 1.68. The van der Waals surface area contributed by atoms with Crippen LogP contribution in [0.1, 0.15) is 48.5 Å². The molecule has 0 unspecified atom stereocenters. The number of carbonyl (C=O) groups excluding carboxylic acids is 1. The van der Waals surface area contributed by atoms with Gasteiger partial charge in [-0.3, -0.25) is 4.79 Å². The molecule has 1 spiro atoms. The summed E-state index contributed by atoms with van der Waals surface area (Å²) in [6.45, 7) is 4.39. The molecule has 0 bridgehead atoms. The summed E-state index contributed by atoms with van der Waals surface area (Å²) in [5.41, 5.74) is 0.349. The second-order valence-corrected chi connectivity index (χ2v) is 7.77. The fourth-order valence-electron chi connectivity index (χ4n) is 4.85. The van der Waals surface area contributed by atoms with Gasteiger partial charge in [0.15, 0.2) is 0 Å². The number of rotatable bonds is 4. The number of aromatic hydroxyl groups is 1. The van der Waals surface area contributed by atoms with E-state index in [1.165, 1.54) is 12.1 Å². The van der Waals surface area contributed by atoms with Gasteiger partial charge in [0.25, 0.3) is 5.91 Å². The van der Waals surface area contributed by atoms with E-state index in [1.54, 1.807) is 24.9 Å². The number of phenols is 1. The SMILES string of the molecule is CCO[C@H]1C[C@@H](N(C)C(=O)c2c(C)c3cc(O)ccc3oc2=O)C12CCC2. The van der Waals surface area contributed by atoms with E-state index in [-0.39, 0.29) is 34.8 Å². The van der Waals surface area contributed by atoms with Crippen molar-refractivity contribution in [3.8, 4) is 5.75 Å². The molecule has 0 aliphatic heterocycles. The summed E-state index contributed by atoms with van der Waals surface area (Å²) >= 11 is 0. The molecule has 0 radical (unpaired) electrons. The van der Waals surface area contributed by atoms with E-state index in [4.69, 9.17) is 9.15 Å². The van der Waals surface area contributed by atoms with Gasteiger partial charge >= 0.3 is 5.63 Å². The Kier molecular flexibility index (Phi) is 4.26. The van der Waals surface area contributed by atoms with Gasteiger partial charge in [0.2, 0.25) is 0 Å². The molecule has 2 saturated carbocycles. The van der Waals surface area contributed by atoms with Crippen LogP contribution in [0.3, 0.4) is 0 Å². The predicted octanol–water partition coefficient (Wildman–Crippen LogP) is 3.23. The smallest absolute Gasteiger partial charge is 0.349 e. The lowest BCUT2D eigenvalue weighted by Crippen LogP contribution is -2.68. The van der Waals surface area contributed by atoms with Crippen LogP contribution in [0, 0.1) is 12.3 Å². The van der Waals surface area contributed by atoms with Crippen molar-refractivity contribution in [1.29, 1.82) is 0 Å². The van der Waals surface area contributed by atoms with Crippen LogP contribution in [-0.4, -0.2) is 41.7 Å². The molecule has 144 valence electrons. The Hall–Kier alpha value is -2.34. The Morgan fingerprint density at radius 3 is 2.78 bits per heavy atom. The van der Waals surface area contributed by atoms with Gasteiger partial charge in [-0.05, 0) is 56.9 Å². The van der Waals surface area contributed by atoms with Crippen LogP contribution in [0.4, 0.5) is 0 Å². The van der Waals surface area contributed by atoms with E-state index >= 15 is 0 Å². The monoisotopic (exact) mass is 371 g/mol. The van der Waals surface area contributed by atoms with Crippen molar-refractivity contribution in [2.24, 2.45) is 5.41 Å². The summed E-state index contributed by atoms with van der Waals surface area (Å²) in [4.78, 5) is 27.4. The molecular weight excluding hydrogens is 346 g/mol. The van der Waals surface area contributed by atoms with E-state index in [0.29, 0.717) is 23.1 Å². The first-order valence-corrected chi connectivity index (χ1v) is 9.54. The zero-order valence-electron chi connectivity index (χ0n) is 15.9. The number of fused-ring (bicyclic) bond motifs is 1. The standard InChI is InChI=1S/C21H25NO5/c1-4-26-17-11-16(21(17)8-5-9-21)22(3)19(24)18-12(2)14-10-13(23)6-7-15(14)27-20(18)25/h6-7,10,16-17,23H,4-5,8-9,11H2,1-3H3/t16-,17+/m1/s1. The average molecular weight is 371 g/mol. The highest BCUT2D eigenvalue weighted by Gasteiger charge is 2.61. The number of nitrogens with zero attached hydrogens (tertiary/aromatic N) is 1. The Morgan fingerprint density at radius 2 is 2.15 bits per heavy atom. The lowest BCUT2D eigenvalue weighted by molar-refractivity contribution is -0.192. The van der Waals surface area contributed by atoms with Crippen molar-refractivity contribution in [2.75, 3.05) is 13.7 Å². The molecule has 2 aliphatic rings. The number of aryl methyl sites for hydroxylation is 1. The minimum Gasteiger partial charge on any atom is -0.508 e. The largest absolute Gasteiger partial charge is 0.508 e. The molecule has 1 N–H and O–H groups in total. The Morgan fingerprint density at radius 1 is 1.41 bits per heavy atom. The average Bonchev–Trinajstić information content (AvgIpc) is 2.57. The molecule has 1 amide bonds. The van der Waals surface area contributed by atoms with E-state index in [0.717, 1.165) is 25.7 Å². The molecule has 0 saturated heterocycles. The maximum Gasteiger partial charge on any atom is 0.349 e. The van der Waals surface area contributed by atoms with Crippen molar-refractivity contribution in [3.05, 3.63) is 39.7 Å². The fourth-order valence-corrected chi connectivity index (χ4v) is 4.85. The van der Waals surface area contributed by atoms with Crippen molar-refractivity contribution in [2.45, 2.75) is 51.7 Å². The summed E-state index contributed by atoms with van der Waals surface area (Å²) in [6.07, 6.45) is 4.26. The van der Waals surface area contributed by atoms with Crippen molar-refractivity contribution < 1.29 is 19.1 Å². The number of benzene rings is 1. The fraction of sp³-hybridized carbons (Fsp3) is 0.524. The topological polar surface area (TPSA) is 80.0 Å². The summed E-state index contributed by atoms with van der Waals surface area (Å²) < 4.78 is 11.2. The normalized spacial score (nSPS) is 23.1. The zero-order chi connectivity index (χ0) is 19.3. The number of amides is 1. The molecule has 27 heavy (non-hydrogen) atoms. The molecule has 2 atom stereocenters. The van der Waals surface area contributed by atoms with Crippen molar-refractivity contribution in [1.82, 2.24) is 4.90 Å². The second kappa shape index (κ2) is 6.37. The van der Waals surface area contributed by atoms with Gasteiger partial charge in [-0.15, -0.1) is 0 Å². The first kappa shape index (κ1) is 18.0. The van der Waals surface area contributed by atoms with Crippen LogP contribution in [0.2, 0.25) is 0 Å². The first-order chi connectivity index (χ1) is 12.9. The molecule has 2 fully saturated rings. The number of hydrogen-bond acceptors (Lipinski definition) is 5. The third-order valence-electron chi connectivity index (χ3n) is 6.55. The molecule has 6 heteroatoms. The molecule has 1 aromatic heterocycles. The minimum atomic E-state index is -0.633. The van der Waals surface area contributed by atoms with Gasteiger partial charge in [0.1, 0.15) is 16.9 Å². The quantitative estimate of drug-likeness (QED) is 0.835. The molecule has 1 heterocycles. The van der Waals surface area contributed by atoms with Crippen LogP contribution in [0.25, 0.3) is 11.0 Å². The van der Waals surface area contributed by atoms with Crippen LogP contribution in [0.5, 0.6) is 5.75 Å². The Labute approximate surface area is 157 Å². The highest BCUT2D eigenvalue weighted by Crippen LogP contribution is 2.59. The maximum atomic E-state index is 13.2. The van der Waals surface area contributed by atoms with E-state index in [2.05, 4.69) is 0 Å². The summed E-state index contributed by atoms with van der Waals surface area (Å²) in [5, 5.41) is 10.3. The van der Waals surface area contributed by atoms with Gasteiger partial charge in [-0.2, -0.15) is 0 Å². The third kappa shape index (κ3) is 2.57. The molecule has 6 nitrogen and oxygen atoms in total. The Bertz CT molecular complexity index is 959. The summed E-state index contributed by atoms with van der Waals surface area (Å²) in [6, 6.07) is 4.60. The number of phenolic OH excluding ortho intramolecular Hbond substituents is 1. The second-order valence-electron chi connectivity index (χ2n) is 7.77. The highest BCUT2D eigenvalue weighted by atomic mass is 16.5. The van der Waals surface area contributed by atoms with Crippen LogP contribution in [-0.2, 0) is 4.74 Å². The van der Waals surface area contributed by atoms with Gasteiger partial charge in [-0.1, -0.05) is 6.42 Å². The lowest BCUT2D eigenvalue weighted by atomic mass is 9.50. The van der Waals surface area contributed by atoms with Crippen LogP contribution >= 0.6 is 0 Å². The molecule has 2 aliphatic carbocycles. The zero-order valence-corrected chi connectivity index (χ0v) is 15.9. The van der Waals surface area contributed by atoms with Crippen LogP contribution < -0.4 is 5.63 Å². The highest BCUT2D eigenvalue weighted by molar-refractivity contribution is 5.99. The lowest BCUT2D eigenvalue weighted by Gasteiger charge is -2.63. The minimum absolute atomic E-state index is 0.0314. The van der Waals surface area contributed by atoms with Crippen molar-refractivity contribution in [3.63, 3.8) is 0 Å². The van der Waals surface area contributed by atoms with Crippen molar-refractivity contribution >= 4 is 16.9 Å². The number of ether oxygens (including phenoxy) is 1. The van der Waals surface area contributed by atoms with Gasteiger partial charge < -0.3 is 19.2 Å². The maximum absolute atomic E-state index is 13.2. The van der Waals surface area contributed by atoms with Gasteiger partial charge in [0, 0.05) is 30.5 Å². The number of carbonyl (C=O) groups is 1.